The van der Waals surface area contributed by atoms with Crippen molar-refractivity contribution >= 4 is 11.9 Å². The number of carboxylic acids is 1. The minimum atomic E-state index is -0.877. The molecule has 0 saturated carbocycles. The van der Waals surface area contributed by atoms with Gasteiger partial charge in [0.05, 0.1) is 6.42 Å². The average molecular weight is 272 g/mol. The summed E-state index contributed by atoms with van der Waals surface area (Å²) >= 11 is 0. The molecule has 0 aromatic heterocycles. The van der Waals surface area contributed by atoms with Gasteiger partial charge in [0, 0.05) is 12.5 Å². The van der Waals surface area contributed by atoms with Crippen LogP contribution in [-0.4, -0.2) is 29.6 Å². The van der Waals surface area contributed by atoms with E-state index >= 15 is 0 Å². The number of aliphatic carboxylic acids is 1. The molecule has 1 atom stereocenters. The summed E-state index contributed by atoms with van der Waals surface area (Å²) in [6.45, 7) is 6.76. The van der Waals surface area contributed by atoms with E-state index in [1.54, 1.807) is 0 Å². The van der Waals surface area contributed by atoms with E-state index in [0.717, 1.165) is 19.3 Å². The zero-order chi connectivity index (χ0) is 14.9. The van der Waals surface area contributed by atoms with Crippen molar-refractivity contribution in [3.8, 4) is 0 Å². The van der Waals surface area contributed by atoms with Crippen molar-refractivity contribution in [3.63, 3.8) is 0 Å². The smallest absolute Gasteiger partial charge is 0.305 e. The Morgan fingerprint density at radius 3 is 2.32 bits per heavy atom. The zero-order valence-corrected chi connectivity index (χ0v) is 12.4. The first kappa shape index (κ1) is 17.9. The van der Waals surface area contributed by atoms with Gasteiger partial charge < -0.3 is 16.2 Å². The van der Waals surface area contributed by atoms with Crippen molar-refractivity contribution in [2.75, 3.05) is 6.54 Å². The van der Waals surface area contributed by atoms with Gasteiger partial charge in [-0.2, -0.15) is 0 Å². The molecule has 0 aliphatic carbocycles. The second-order valence-corrected chi connectivity index (χ2v) is 6.23. The number of carbonyl (C=O) groups is 2. The third-order valence-corrected chi connectivity index (χ3v) is 2.75. The van der Waals surface area contributed by atoms with Crippen LogP contribution in [0.5, 0.6) is 0 Å². The summed E-state index contributed by atoms with van der Waals surface area (Å²) < 4.78 is 0. The molecule has 1 amide bonds. The van der Waals surface area contributed by atoms with Crippen LogP contribution >= 0.6 is 0 Å². The third-order valence-electron chi connectivity index (χ3n) is 2.75. The first-order valence-corrected chi connectivity index (χ1v) is 6.96. The van der Waals surface area contributed by atoms with Crippen LogP contribution in [-0.2, 0) is 9.59 Å². The van der Waals surface area contributed by atoms with E-state index in [1.165, 1.54) is 0 Å². The maximum Gasteiger partial charge on any atom is 0.305 e. The van der Waals surface area contributed by atoms with Crippen molar-refractivity contribution in [2.45, 2.75) is 65.3 Å². The molecular formula is C14H28N2O3. The number of carboxylic acid groups (broad SMARTS) is 1. The molecule has 19 heavy (non-hydrogen) atoms. The Hall–Kier alpha value is -1.10. The van der Waals surface area contributed by atoms with Gasteiger partial charge in [-0.15, -0.1) is 0 Å². The second kappa shape index (κ2) is 8.91. The topological polar surface area (TPSA) is 92.4 Å². The van der Waals surface area contributed by atoms with Crippen LogP contribution in [0.15, 0.2) is 0 Å². The molecule has 0 saturated heterocycles. The standard InChI is InChI=1S/C14H28N2O3/c1-14(2,3)10-11(9-13(18)19)16-12(17)7-5-4-6-8-15/h11H,4-10,15H2,1-3H3,(H,16,17)(H,18,19). The first-order valence-electron chi connectivity index (χ1n) is 6.96. The van der Waals surface area contributed by atoms with Crippen LogP contribution in [0.2, 0.25) is 0 Å². The van der Waals surface area contributed by atoms with E-state index in [2.05, 4.69) is 5.32 Å². The number of nitrogens with two attached hydrogens (primary N) is 1. The van der Waals surface area contributed by atoms with Crippen molar-refractivity contribution < 1.29 is 14.7 Å². The molecule has 0 radical (unpaired) electrons. The highest BCUT2D eigenvalue weighted by Crippen LogP contribution is 2.22. The monoisotopic (exact) mass is 272 g/mol. The van der Waals surface area contributed by atoms with Crippen molar-refractivity contribution in [2.24, 2.45) is 11.1 Å². The van der Waals surface area contributed by atoms with Gasteiger partial charge >= 0.3 is 5.97 Å². The Morgan fingerprint density at radius 2 is 1.84 bits per heavy atom. The molecule has 5 nitrogen and oxygen atoms in total. The molecule has 1 unspecified atom stereocenters. The van der Waals surface area contributed by atoms with Crippen LogP contribution in [0.1, 0.15) is 59.3 Å². The summed E-state index contributed by atoms with van der Waals surface area (Å²) in [5.74, 6) is -0.940. The quantitative estimate of drug-likeness (QED) is 0.559. The Labute approximate surface area is 115 Å². The van der Waals surface area contributed by atoms with Crippen molar-refractivity contribution in [1.82, 2.24) is 5.32 Å². The van der Waals surface area contributed by atoms with E-state index in [9.17, 15) is 9.59 Å². The van der Waals surface area contributed by atoms with E-state index in [1.807, 2.05) is 20.8 Å². The summed E-state index contributed by atoms with van der Waals surface area (Å²) in [7, 11) is 0. The molecule has 4 N–H and O–H groups in total. The lowest BCUT2D eigenvalue weighted by Crippen LogP contribution is -2.38. The fourth-order valence-electron chi connectivity index (χ4n) is 2.03. The second-order valence-electron chi connectivity index (χ2n) is 6.23. The van der Waals surface area contributed by atoms with Crippen LogP contribution in [0.3, 0.4) is 0 Å². The molecule has 0 bridgehead atoms. The lowest BCUT2D eigenvalue weighted by molar-refractivity contribution is -0.137. The van der Waals surface area contributed by atoms with Gasteiger partial charge in [-0.25, -0.2) is 0 Å². The summed E-state index contributed by atoms with van der Waals surface area (Å²) in [5, 5.41) is 11.7. The summed E-state index contributed by atoms with van der Waals surface area (Å²) in [6.07, 6.45) is 3.75. The van der Waals surface area contributed by atoms with Gasteiger partial charge in [0.2, 0.25) is 5.91 Å². The van der Waals surface area contributed by atoms with Gasteiger partial charge in [0.25, 0.3) is 0 Å². The highest BCUT2D eigenvalue weighted by molar-refractivity contribution is 5.77. The lowest BCUT2D eigenvalue weighted by Gasteiger charge is -2.25. The molecule has 112 valence electrons. The number of amides is 1. The summed E-state index contributed by atoms with van der Waals surface area (Å²) in [5.41, 5.74) is 5.38. The average Bonchev–Trinajstić information content (AvgIpc) is 2.20. The number of carbonyl (C=O) groups excluding carboxylic acids is 1. The first-order chi connectivity index (χ1) is 8.74. The van der Waals surface area contributed by atoms with Gasteiger partial charge in [0.15, 0.2) is 0 Å². The van der Waals surface area contributed by atoms with Crippen LogP contribution < -0.4 is 11.1 Å². The number of unbranched alkanes of at least 4 members (excludes halogenated alkanes) is 2. The minimum Gasteiger partial charge on any atom is -0.481 e. The predicted octanol–water partition coefficient (Wildman–Crippen LogP) is 1.90. The number of hydrogen-bond acceptors (Lipinski definition) is 3. The van der Waals surface area contributed by atoms with Gasteiger partial charge in [-0.05, 0) is 31.2 Å². The SMILES string of the molecule is CC(C)(C)CC(CC(=O)O)NC(=O)CCCCCN. The maximum atomic E-state index is 11.7. The number of nitrogens with one attached hydrogen (secondary N) is 1. The normalized spacial score (nSPS) is 13.1. The molecule has 0 aromatic rings. The Morgan fingerprint density at radius 1 is 1.21 bits per heavy atom. The maximum absolute atomic E-state index is 11.7. The van der Waals surface area contributed by atoms with Crippen molar-refractivity contribution in [3.05, 3.63) is 0 Å². The molecule has 5 heteroatoms. The van der Waals surface area contributed by atoms with E-state index < -0.39 is 5.97 Å². The molecule has 0 heterocycles. The van der Waals surface area contributed by atoms with Gasteiger partial charge in [0.1, 0.15) is 0 Å². The Bertz CT molecular complexity index is 285. The lowest BCUT2D eigenvalue weighted by atomic mass is 9.87. The van der Waals surface area contributed by atoms with Crippen LogP contribution in [0.4, 0.5) is 0 Å². The van der Waals surface area contributed by atoms with Crippen molar-refractivity contribution in [1.29, 1.82) is 0 Å². The summed E-state index contributed by atoms with van der Waals surface area (Å²) in [6, 6.07) is -0.292. The fraction of sp³-hybridized carbons (Fsp3) is 0.857. The molecule has 0 aliphatic rings. The number of hydrogen-bond donors (Lipinski definition) is 3. The predicted molar refractivity (Wildman–Crippen MR) is 75.8 cm³/mol. The molecule has 0 rings (SSSR count). The highest BCUT2D eigenvalue weighted by Gasteiger charge is 2.22. The molecular weight excluding hydrogens is 244 g/mol. The van der Waals surface area contributed by atoms with Gasteiger partial charge in [-0.1, -0.05) is 27.2 Å². The van der Waals surface area contributed by atoms with Gasteiger partial charge in [-0.3, -0.25) is 9.59 Å². The molecule has 0 aromatic carbocycles. The number of rotatable bonds is 9. The Balaban J connectivity index is 4.15. The minimum absolute atomic E-state index is 0.00700. The largest absolute Gasteiger partial charge is 0.481 e. The van der Waals surface area contributed by atoms with E-state index in [-0.39, 0.29) is 23.8 Å². The van der Waals surface area contributed by atoms with E-state index in [0.29, 0.717) is 19.4 Å². The van der Waals surface area contributed by atoms with E-state index in [4.69, 9.17) is 10.8 Å². The molecule has 0 aliphatic heterocycles. The zero-order valence-electron chi connectivity index (χ0n) is 12.4. The fourth-order valence-corrected chi connectivity index (χ4v) is 2.03. The Kier molecular flexibility index (Phi) is 8.39. The molecule has 0 spiro atoms. The third kappa shape index (κ3) is 11.7. The highest BCUT2D eigenvalue weighted by atomic mass is 16.4. The molecule has 0 fully saturated rings. The summed E-state index contributed by atoms with van der Waals surface area (Å²) in [4.78, 5) is 22.6. The van der Waals surface area contributed by atoms with Crippen LogP contribution in [0.25, 0.3) is 0 Å². The van der Waals surface area contributed by atoms with Crippen LogP contribution in [0, 0.1) is 5.41 Å².